The summed E-state index contributed by atoms with van der Waals surface area (Å²) in [4.78, 5) is 0. The summed E-state index contributed by atoms with van der Waals surface area (Å²) < 4.78 is 10.8. The molecule has 0 radical (unpaired) electrons. The zero-order valence-electron chi connectivity index (χ0n) is 11.8. The first-order chi connectivity index (χ1) is 10.6. The quantitative estimate of drug-likeness (QED) is 0.920. The van der Waals surface area contributed by atoms with Crippen LogP contribution in [-0.4, -0.2) is 7.11 Å². The molecule has 0 saturated heterocycles. The van der Waals surface area contributed by atoms with Crippen molar-refractivity contribution < 1.29 is 9.47 Å². The summed E-state index contributed by atoms with van der Waals surface area (Å²) in [7, 11) is 1.58. The highest BCUT2D eigenvalue weighted by atomic mass is 35.5. The first-order valence-corrected chi connectivity index (χ1v) is 7.03. The molecule has 0 aliphatic carbocycles. The number of nitrogens with zero attached hydrogens (tertiary/aromatic N) is 1. The minimum Gasteiger partial charge on any atom is -0.497 e. The molecule has 0 saturated carbocycles. The van der Waals surface area contributed by atoms with Crippen LogP contribution in [0, 0.1) is 11.3 Å². The van der Waals surface area contributed by atoms with Crippen molar-refractivity contribution in [2.75, 3.05) is 7.11 Å². The topological polar surface area (TPSA) is 68.3 Å². The molecular weight excluding hydrogens is 300 g/mol. The van der Waals surface area contributed by atoms with Crippen LogP contribution >= 0.6 is 11.6 Å². The summed E-state index contributed by atoms with van der Waals surface area (Å²) in [5.41, 5.74) is 8.11. The summed E-state index contributed by atoms with van der Waals surface area (Å²) in [5, 5.41) is 10.1. The highest BCUT2D eigenvalue weighted by molar-refractivity contribution is 6.30. The third-order valence-electron chi connectivity index (χ3n) is 3.63. The van der Waals surface area contributed by atoms with Gasteiger partial charge in [0.2, 0.25) is 5.88 Å². The van der Waals surface area contributed by atoms with Gasteiger partial charge in [0.25, 0.3) is 0 Å². The largest absolute Gasteiger partial charge is 0.497 e. The van der Waals surface area contributed by atoms with Crippen molar-refractivity contribution in [1.29, 1.82) is 5.26 Å². The van der Waals surface area contributed by atoms with Crippen molar-refractivity contribution in [3.63, 3.8) is 0 Å². The number of hydrogen-bond acceptors (Lipinski definition) is 4. The Balaban J connectivity index is 2.18. The Kier molecular flexibility index (Phi) is 3.66. The lowest BCUT2D eigenvalue weighted by molar-refractivity contribution is 0.381. The van der Waals surface area contributed by atoms with Gasteiger partial charge in [0.05, 0.1) is 13.0 Å². The van der Waals surface area contributed by atoms with Crippen LogP contribution in [0.3, 0.4) is 0 Å². The summed E-state index contributed by atoms with van der Waals surface area (Å²) in [6.45, 7) is 0. The van der Waals surface area contributed by atoms with Crippen molar-refractivity contribution in [2.45, 2.75) is 5.92 Å². The maximum Gasteiger partial charge on any atom is 0.205 e. The number of nitriles is 1. The van der Waals surface area contributed by atoms with E-state index >= 15 is 0 Å². The van der Waals surface area contributed by atoms with Crippen molar-refractivity contribution in [1.82, 2.24) is 0 Å². The van der Waals surface area contributed by atoms with Crippen molar-refractivity contribution in [3.05, 3.63) is 70.1 Å². The molecule has 0 amide bonds. The Bertz CT molecular complexity index is 791. The van der Waals surface area contributed by atoms with E-state index in [1.54, 1.807) is 25.3 Å². The number of benzene rings is 2. The number of halogens is 1. The molecule has 1 aliphatic rings. The third-order valence-corrected chi connectivity index (χ3v) is 3.88. The van der Waals surface area contributed by atoms with E-state index in [-0.39, 0.29) is 11.8 Å². The second-order valence-electron chi connectivity index (χ2n) is 4.88. The van der Waals surface area contributed by atoms with Gasteiger partial charge < -0.3 is 15.2 Å². The lowest BCUT2D eigenvalue weighted by Crippen LogP contribution is -2.21. The fourth-order valence-corrected chi connectivity index (χ4v) is 2.69. The van der Waals surface area contributed by atoms with E-state index in [4.69, 9.17) is 26.8 Å². The molecule has 4 nitrogen and oxygen atoms in total. The van der Waals surface area contributed by atoms with Crippen LogP contribution in [0.5, 0.6) is 11.5 Å². The molecule has 110 valence electrons. The van der Waals surface area contributed by atoms with Crippen molar-refractivity contribution in [3.8, 4) is 17.6 Å². The highest BCUT2D eigenvalue weighted by Crippen LogP contribution is 2.43. The molecule has 1 atom stereocenters. The Morgan fingerprint density at radius 2 is 1.95 bits per heavy atom. The van der Waals surface area contributed by atoms with Crippen LogP contribution < -0.4 is 15.2 Å². The molecular formula is C17H13ClN2O2. The monoisotopic (exact) mass is 312 g/mol. The number of methoxy groups -OCH3 is 1. The van der Waals surface area contributed by atoms with Gasteiger partial charge in [0.1, 0.15) is 23.1 Å². The van der Waals surface area contributed by atoms with Gasteiger partial charge in [0, 0.05) is 16.7 Å². The number of ether oxygens (including phenoxy) is 2. The number of fused-ring (bicyclic) bond motifs is 1. The lowest BCUT2D eigenvalue weighted by atomic mass is 9.83. The average Bonchev–Trinajstić information content (AvgIpc) is 2.54. The first-order valence-electron chi connectivity index (χ1n) is 6.65. The van der Waals surface area contributed by atoms with Gasteiger partial charge in [-0.25, -0.2) is 0 Å². The molecule has 3 rings (SSSR count). The minimum atomic E-state index is -0.281. The minimum absolute atomic E-state index is 0.114. The van der Waals surface area contributed by atoms with Crippen LogP contribution in [-0.2, 0) is 0 Å². The summed E-state index contributed by atoms with van der Waals surface area (Å²) >= 11 is 5.95. The molecule has 2 aromatic carbocycles. The summed E-state index contributed by atoms with van der Waals surface area (Å²) in [6, 6.07) is 15.0. The lowest BCUT2D eigenvalue weighted by Gasteiger charge is -2.26. The summed E-state index contributed by atoms with van der Waals surface area (Å²) in [6.07, 6.45) is 0. The standard InChI is InChI=1S/C17H13ClN2O2/c1-21-12-6-7-13-15(8-12)22-17(20)14(9-19)16(13)10-2-4-11(18)5-3-10/h2-8,16H,20H2,1H3. The molecule has 1 aliphatic heterocycles. The van der Waals surface area contributed by atoms with Crippen LogP contribution in [0.4, 0.5) is 0 Å². The van der Waals surface area contributed by atoms with E-state index in [2.05, 4.69) is 6.07 Å². The summed E-state index contributed by atoms with van der Waals surface area (Å²) in [5.74, 6) is 1.10. The van der Waals surface area contributed by atoms with Crippen molar-refractivity contribution in [2.24, 2.45) is 5.73 Å². The maximum absolute atomic E-state index is 9.46. The average molecular weight is 313 g/mol. The smallest absolute Gasteiger partial charge is 0.205 e. The molecule has 2 aromatic rings. The molecule has 0 fully saturated rings. The SMILES string of the molecule is COc1ccc2c(c1)OC(N)=C(C#N)C2c1ccc(Cl)cc1. The van der Waals surface area contributed by atoms with E-state index in [0.29, 0.717) is 22.1 Å². The van der Waals surface area contributed by atoms with Gasteiger partial charge in [-0.1, -0.05) is 29.8 Å². The van der Waals surface area contributed by atoms with Crippen LogP contribution in [0.1, 0.15) is 17.0 Å². The van der Waals surface area contributed by atoms with E-state index in [1.165, 1.54) is 0 Å². The second kappa shape index (κ2) is 5.63. The number of rotatable bonds is 2. The molecule has 0 spiro atoms. The molecule has 0 aromatic heterocycles. The number of allylic oxidation sites excluding steroid dienone is 1. The van der Waals surface area contributed by atoms with Crippen LogP contribution in [0.15, 0.2) is 53.9 Å². The Morgan fingerprint density at radius 1 is 1.23 bits per heavy atom. The molecule has 0 bridgehead atoms. The maximum atomic E-state index is 9.46. The van der Waals surface area contributed by atoms with Gasteiger partial charge >= 0.3 is 0 Å². The Morgan fingerprint density at radius 3 is 2.59 bits per heavy atom. The number of nitrogens with two attached hydrogens (primary N) is 1. The third kappa shape index (κ3) is 2.36. The zero-order valence-corrected chi connectivity index (χ0v) is 12.6. The van der Waals surface area contributed by atoms with Crippen LogP contribution in [0.25, 0.3) is 0 Å². The van der Waals surface area contributed by atoms with Gasteiger partial charge in [-0.2, -0.15) is 5.26 Å². The molecule has 2 N–H and O–H groups in total. The Hall–Kier alpha value is -2.64. The second-order valence-corrected chi connectivity index (χ2v) is 5.32. The molecule has 1 heterocycles. The first kappa shape index (κ1) is 14.3. The van der Waals surface area contributed by atoms with Crippen molar-refractivity contribution >= 4 is 11.6 Å². The van der Waals surface area contributed by atoms with Crippen LogP contribution in [0.2, 0.25) is 5.02 Å². The van der Waals surface area contributed by atoms with Gasteiger partial charge in [-0.15, -0.1) is 0 Å². The fourth-order valence-electron chi connectivity index (χ4n) is 2.56. The Labute approximate surface area is 133 Å². The highest BCUT2D eigenvalue weighted by Gasteiger charge is 2.30. The normalized spacial score (nSPS) is 16.5. The van der Waals surface area contributed by atoms with Gasteiger partial charge in [0.15, 0.2) is 0 Å². The zero-order chi connectivity index (χ0) is 15.7. The van der Waals surface area contributed by atoms with E-state index in [1.807, 2.05) is 24.3 Å². The van der Waals surface area contributed by atoms with E-state index in [9.17, 15) is 5.26 Å². The predicted molar refractivity (Wildman–Crippen MR) is 83.7 cm³/mol. The fraction of sp³-hybridized carbons (Fsp3) is 0.118. The van der Waals surface area contributed by atoms with Gasteiger partial charge in [-0.05, 0) is 23.8 Å². The van der Waals surface area contributed by atoms with E-state index < -0.39 is 0 Å². The molecule has 22 heavy (non-hydrogen) atoms. The molecule has 5 heteroatoms. The van der Waals surface area contributed by atoms with E-state index in [0.717, 1.165) is 11.1 Å². The number of hydrogen-bond donors (Lipinski definition) is 1. The molecule has 1 unspecified atom stereocenters. The predicted octanol–water partition coefficient (Wildman–Crippen LogP) is 3.57. The van der Waals surface area contributed by atoms with Gasteiger partial charge in [-0.3, -0.25) is 0 Å².